The van der Waals surface area contributed by atoms with Gasteiger partial charge in [0.1, 0.15) is 0 Å². The van der Waals surface area contributed by atoms with Gasteiger partial charge in [-0.05, 0) is 63.3 Å². The monoisotopic (exact) mass is 493 g/mol. The predicted molar refractivity (Wildman–Crippen MR) is 134 cm³/mol. The molecule has 3 aliphatic heterocycles. The molecule has 5 rings (SSSR count). The van der Waals surface area contributed by atoms with Crippen molar-refractivity contribution in [2.45, 2.75) is 81.8 Å². The van der Waals surface area contributed by atoms with Crippen LogP contribution >= 0.6 is 0 Å². The van der Waals surface area contributed by atoms with E-state index in [4.69, 9.17) is 9.47 Å². The van der Waals surface area contributed by atoms with E-state index in [-0.39, 0.29) is 17.9 Å². The number of nitrogens with one attached hydrogen (secondary N) is 4. The van der Waals surface area contributed by atoms with Crippen LogP contribution < -0.4 is 21.3 Å². The summed E-state index contributed by atoms with van der Waals surface area (Å²) < 4.78 is 11.8. The van der Waals surface area contributed by atoms with E-state index in [9.17, 15) is 9.90 Å². The second-order valence-corrected chi connectivity index (χ2v) is 11.7. The molecule has 3 saturated heterocycles. The largest absolute Gasteiger partial charge is 0.390 e. The number of fused-ring (bicyclic) bond motifs is 1. The van der Waals surface area contributed by atoms with Gasteiger partial charge in [-0.3, -0.25) is 10.1 Å². The highest BCUT2D eigenvalue weighted by atomic mass is 16.5. The number of carbonyl (C=O) groups is 1. The number of hydrogen-bond donors (Lipinski definition) is 5. The van der Waals surface area contributed by atoms with Crippen molar-refractivity contribution in [1.82, 2.24) is 26.2 Å². The van der Waals surface area contributed by atoms with Crippen LogP contribution in [0.25, 0.3) is 0 Å². The van der Waals surface area contributed by atoms with Crippen LogP contribution in [-0.2, 0) is 14.3 Å². The molecule has 5 fully saturated rings. The third kappa shape index (κ3) is 7.37. The molecule has 2 aliphatic carbocycles. The van der Waals surface area contributed by atoms with Crippen LogP contribution in [0.15, 0.2) is 0 Å². The molecule has 0 bridgehead atoms. The van der Waals surface area contributed by atoms with E-state index in [0.29, 0.717) is 50.5 Å². The lowest BCUT2D eigenvalue weighted by molar-refractivity contribution is -0.126. The normalized spacial score (nSPS) is 37.4. The Morgan fingerprint density at radius 1 is 1.06 bits per heavy atom. The molecule has 5 aliphatic rings. The van der Waals surface area contributed by atoms with Crippen molar-refractivity contribution in [3.05, 3.63) is 0 Å². The fourth-order valence-corrected chi connectivity index (χ4v) is 6.67. The Hall–Kier alpha value is -0.810. The van der Waals surface area contributed by atoms with Crippen LogP contribution in [-0.4, -0.2) is 105 Å². The fourth-order valence-electron chi connectivity index (χ4n) is 6.67. The first-order valence-corrected chi connectivity index (χ1v) is 14.2. The van der Waals surface area contributed by atoms with Crippen molar-refractivity contribution in [2.24, 2.45) is 17.8 Å². The SMILES string of the molecule is O=C(NC[C@H](O)CN1CCC2CC(OCC3CNCO3)CCC2C1)C1CNCC(NC2CCC2)C1. The highest BCUT2D eigenvalue weighted by Gasteiger charge is 2.36. The molecular formula is C26H47N5O4. The van der Waals surface area contributed by atoms with Crippen LogP contribution in [0.5, 0.6) is 0 Å². The van der Waals surface area contributed by atoms with Gasteiger partial charge in [0, 0.05) is 51.4 Å². The molecule has 2 saturated carbocycles. The van der Waals surface area contributed by atoms with Gasteiger partial charge in [0.2, 0.25) is 5.91 Å². The number of ether oxygens (including phenoxy) is 2. The summed E-state index contributed by atoms with van der Waals surface area (Å²) in [5.74, 6) is 1.48. The summed E-state index contributed by atoms with van der Waals surface area (Å²) in [5, 5.41) is 24.0. The topological polar surface area (TPSA) is 107 Å². The molecule has 7 atom stereocenters. The zero-order valence-corrected chi connectivity index (χ0v) is 21.3. The molecule has 3 heterocycles. The van der Waals surface area contributed by atoms with Gasteiger partial charge in [0.15, 0.2) is 0 Å². The Kier molecular flexibility index (Phi) is 9.32. The standard InChI is InChI=1S/C26H47N5O4/c32-23(12-29-26(33)20-8-22(11-27-10-20)30-21-2-1-3-21)15-31-7-6-18-9-24(5-4-19(18)14-31)34-16-25-13-28-17-35-25/h18-25,27-28,30,32H,1-17H2,(H,29,33)/t18?,19?,20?,22?,23-,24?,25?/m0/s1. The van der Waals surface area contributed by atoms with Gasteiger partial charge in [-0.25, -0.2) is 0 Å². The van der Waals surface area contributed by atoms with Gasteiger partial charge in [-0.15, -0.1) is 0 Å². The Morgan fingerprint density at radius 2 is 1.97 bits per heavy atom. The molecule has 1 amide bonds. The van der Waals surface area contributed by atoms with E-state index >= 15 is 0 Å². The first-order chi connectivity index (χ1) is 17.1. The maximum absolute atomic E-state index is 12.7. The van der Waals surface area contributed by atoms with E-state index in [2.05, 4.69) is 26.2 Å². The first-order valence-electron chi connectivity index (χ1n) is 14.2. The molecule has 6 unspecified atom stereocenters. The summed E-state index contributed by atoms with van der Waals surface area (Å²) in [7, 11) is 0. The number of carbonyl (C=O) groups excluding carboxylic acids is 1. The van der Waals surface area contributed by atoms with Crippen LogP contribution in [0, 0.1) is 17.8 Å². The Balaban J connectivity index is 0.967. The van der Waals surface area contributed by atoms with E-state index in [0.717, 1.165) is 57.9 Å². The molecule has 9 nitrogen and oxygen atoms in total. The van der Waals surface area contributed by atoms with Crippen LogP contribution in [0.2, 0.25) is 0 Å². The summed E-state index contributed by atoms with van der Waals surface area (Å²) >= 11 is 0. The molecule has 35 heavy (non-hydrogen) atoms. The smallest absolute Gasteiger partial charge is 0.224 e. The lowest BCUT2D eigenvalue weighted by atomic mass is 9.74. The highest BCUT2D eigenvalue weighted by Crippen LogP contribution is 2.37. The molecule has 5 N–H and O–H groups in total. The first kappa shape index (κ1) is 25.8. The summed E-state index contributed by atoms with van der Waals surface area (Å²) in [5.41, 5.74) is 0. The van der Waals surface area contributed by atoms with E-state index in [1.165, 1.54) is 32.1 Å². The Morgan fingerprint density at radius 3 is 2.77 bits per heavy atom. The van der Waals surface area contributed by atoms with Crippen molar-refractivity contribution < 1.29 is 19.4 Å². The number of rotatable bonds is 10. The average molecular weight is 494 g/mol. The number of amides is 1. The maximum atomic E-state index is 12.7. The number of likely N-dealkylation sites (tertiary alicyclic amines) is 1. The Labute approximate surface area is 210 Å². The summed E-state index contributed by atoms with van der Waals surface area (Å²) in [6.45, 7) is 6.98. The number of nitrogens with zero attached hydrogens (tertiary/aromatic N) is 1. The number of aliphatic hydroxyl groups excluding tert-OH is 1. The van der Waals surface area contributed by atoms with E-state index in [1.54, 1.807) is 0 Å². The second kappa shape index (κ2) is 12.6. The number of piperidine rings is 2. The molecule has 200 valence electrons. The molecule has 0 aromatic carbocycles. The van der Waals surface area contributed by atoms with Crippen molar-refractivity contribution in [2.75, 3.05) is 59.2 Å². The quantitative estimate of drug-likeness (QED) is 0.290. The average Bonchev–Trinajstić information content (AvgIpc) is 3.37. The zero-order chi connectivity index (χ0) is 24.0. The van der Waals surface area contributed by atoms with Crippen LogP contribution in [0.3, 0.4) is 0 Å². The molecule has 0 radical (unpaired) electrons. The summed E-state index contributed by atoms with van der Waals surface area (Å²) in [6, 6.07) is 1.02. The van der Waals surface area contributed by atoms with Gasteiger partial charge in [-0.2, -0.15) is 0 Å². The Bertz CT molecular complexity index is 674. The van der Waals surface area contributed by atoms with Gasteiger partial charge in [-0.1, -0.05) is 6.42 Å². The molecular weight excluding hydrogens is 446 g/mol. The highest BCUT2D eigenvalue weighted by molar-refractivity contribution is 5.79. The lowest BCUT2D eigenvalue weighted by Crippen LogP contribution is -2.55. The minimum atomic E-state index is -0.518. The van der Waals surface area contributed by atoms with Crippen LogP contribution in [0.4, 0.5) is 0 Å². The van der Waals surface area contributed by atoms with Crippen molar-refractivity contribution in [1.29, 1.82) is 0 Å². The molecule has 9 heteroatoms. The van der Waals surface area contributed by atoms with Gasteiger partial charge in [0.25, 0.3) is 0 Å². The number of aliphatic hydroxyl groups is 1. The minimum absolute atomic E-state index is 0.0156. The third-order valence-corrected chi connectivity index (χ3v) is 8.99. The predicted octanol–water partition coefficient (Wildman–Crippen LogP) is 0.0368. The summed E-state index contributed by atoms with van der Waals surface area (Å²) in [4.78, 5) is 15.1. The fraction of sp³-hybridized carbons (Fsp3) is 0.962. The van der Waals surface area contributed by atoms with Crippen molar-refractivity contribution in [3.63, 3.8) is 0 Å². The molecule has 0 spiro atoms. The van der Waals surface area contributed by atoms with E-state index < -0.39 is 6.10 Å². The maximum Gasteiger partial charge on any atom is 0.224 e. The van der Waals surface area contributed by atoms with Gasteiger partial charge >= 0.3 is 0 Å². The third-order valence-electron chi connectivity index (χ3n) is 8.99. The van der Waals surface area contributed by atoms with Crippen molar-refractivity contribution >= 4 is 5.91 Å². The zero-order valence-electron chi connectivity index (χ0n) is 21.3. The minimum Gasteiger partial charge on any atom is -0.390 e. The lowest BCUT2D eigenvalue weighted by Gasteiger charge is -2.44. The molecule has 0 aromatic rings. The van der Waals surface area contributed by atoms with Crippen molar-refractivity contribution in [3.8, 4) is 0 Å². The van der Waals surface area contributed by atoms with Crippen LogP contribution in [0.1, 0.15) is 51.4 Å². The molecule has 0 aromatic heterocycles. The van der Waals surface area contributed by atoms with Gasteiger partial charge < -0.3 is 35.4 Å². The van der Waals surface area contributed by atoms with Gasteiger partial charge in [0.05, 0.1) is 37.6 Å². The van der Waals surface area contributed by atoms with E-state index in [1.807, 2.05) is 0 Å². The number of hydrogen-bond acceptors (Lipinski definition) is 8. The summed E-state index contributed by atoms with van der Waals surface area (Å²) in [6.07, 6.45) is 9.44. The second-order valence-electron chi connectivity index (χ2n) is 11.7. The number of β-amino-alcohol motifs (C(OH)–C–C–N with tert-alkyl or cyclic N) is 1.